The molecule has 2 N–H and O–H groups in total. The molecule has 1 aromatic heterocycles. The van der Waals surface area contributed by atoms with Crippen LogP contribution in [0.1, 0.15) is 9.67 Å². The number of hydrogen-bond donors (Lipinski definition) is 2. The van der Waals surface area contributed by atoms with Crippen LogP contribution in [-0.2, 0) is 4.74 Å². The van der Waals surface area contributed by atoms with Crippen molar-refractivity contribution in [3.63, 3.8) is 0 Å². The van der Waals surface area contributed by atoms with E-state index in [2.05, 4.69) is 15.4 Å². The second-order valence-electron chi connectivity index (χ2n) is 3.89. The minimum absolute atomic E-state index is 0.316. The predicted octanol–water partition coefficient (Wildman–Crippen LogP) is 4.49. The van der Waals surface area contributed by atoms with Crippen molar-refractivity contribution in [1.82, 2.24) is 0 Å². The van der Waals surface area contributed by atoms with Gasteiger partial charge in [0.2, 0.25) is 0 Å². The van der Waals surface area contributed by atoms with Crippen molar-refractivity contribution in [2.75, 3.05) is 17.7 Å². The van der Waals surface area contributed by atoms with Gasteiger partial charge < -0.3 is 15.4 Å². The van der Waals surface area contributed by atoms with Gasteiger partial charge in [-0.3, -0.25) is 0 Å². The number of ether oxygens (including phenoxy) is 1. The number of carbonyl (C=O) groups excluding carboxylic acids is 2. The van der Waals surface area contributed by atoms with Crippen molar-refractivity contribution in [3.05, 3.63) is 44.6 Å². The van der Waals surface area contributed by atoms with Crippen LogP contribution >= 0.6 is 34.5 Å². The fraction of sp³-hybridized carbons (Fsp3) is 0.0769. The summed E-state index contributed by atoms with van der Waals surface area (Å²) < 4.78 is 4.63. The summed E-state index contributed by atoms with van der Waals surface area (Å²) in [6, 6.07) is 5.77. The number of hydrogen-bond acceptors (Lipinski definition) is 4. The minimum Gasteiger partial charge on any atom is -0.465 e. The molecule has 0 aliphatic rings. The highest BCUT2D eigenvalue weighted by molar-refractivity contribution is 7.12. The summed E-state index contributed by atoms with van der Waals surface area (Å²) in [5.41, 5.74) is 0.817. The summed E-state index contributed by atoms with van der Waals surface area (Å²) in [5.74, 6) is -0.508. The van der Waals surface area contributed by atoms with Crippen LogP contribution in [-0.4, -0.2) is 19.1 Å². The lowest BCUT2D eigenvalue weighted by Crippen LogP contribution is -2.20. The van der Waals surface area contributed by atoms with Gasteiger partial charge in [-0.05, 0) is 29.6 Å². The van der Waals surface area contributed by atoms with E-state index < -0.39 is 12.0 Å². The maximum atomic E-state index is 11.9. The molecule has 2 rings (SSSR count). The van der Waals surface area contributed by atoms with Crippen molar-refractivity contribution >= 4 is 57.9 Å². The molecule has 110 valence electrons. The van der Waals surface area contributed by atoms with E-state index in [9.17, 15) is 9.59 Å². The number of benzene rings is 1. The first-order valence-corrected chi connectivity index (χ1v) is 7.33. The minimum atomic E-state index is -0.517. The Bertz CT molecular complexity index is 668. The summed E-state index contributed by atoms with van der Waals surface area (Å²) in [5, 5.41) is 7.64. The number of nitrogens with one attached hydrogen (secondary N) is 2. The number of urea groups is 1. The van der Waals surface area contributed by atoms with Gasteiger partial charge in [0.1, 0.15) is 4.88 Å². The number of halogens is 2. The summed E-state index contributed by atoms with van der Waals surface area (Å²) in [7, 11) is 1.28. The zero-order chi connectivity index (χ0) is 15.4. The quantitative estimate of drug-likeness (QED) is 0.806. The second-order valence-corrected chi connectivity index (χ2v) is 5.68. The zero-order valence-corrected chi connectivity index (χ0v) is 13.1. The number of anilines is 2. The molecule has 1 heterocycles. The second kappa shape index (κ2) is 6.80. The van der Waals surface area contributed by atoms with Gasteiger partial charge in [-0.1, -0.05) is 23.2 Å². The number of esters is 1. The van der Waals surface area contributed by atoms with Gasteiger partial charge in [-0.15, -0.1) is 11.3 Å². The lowest BCUT2D eigenvalue weighted by atomic mass is 10.3. The molecule has 0 fully saturated rings. The Kier molecular flexibility index (Phi) is 5.06. The summed E-state index contributed by atoms with van der Waals surface area (Å²) in [6.45, 7) is 0. The van der Waals surface area contributed by atoms with E-state index >= 15 is 0 Å². The van der Waals surface area contributed by atoms with E-state index in [1.54, 1.807) is 29.6 Å². The first-order chi connectivity index (χ1) is 9.99. The van der Waals surface area contributed by atoms with Gasteiger partial charge in [0.15, 0.2) is 0 Å². The molecule has 0 aliphatic heterocycles. The van der Waals surface area contributed by atoms with E-state index in [1.807, 2.05) is 0 Å². The molecule has 0 spiro atoms. The molecular formula is C13H10Cl2N2O3S. The summed E-state index contributed by atoms with van der Waals surface area (Å²) in [6.07, 6.45) is 0. The van der Waals surface area contributed by atoms with Gasteiger partial charge in [0.25, 0.3) is 0 Å². The number of amides is 2. The highest BCUT2D eigenvalue weighted by atomic mass is 35.5. The van der Waals surface area contributed by atoms with Crippen LogP contribution in [0.15, 0.2) is 29.6 Å². The van der Waals surface area contributed by atoms with E-state index in [1.165, 1.54) is 18.4 Å². The van der Waals surface area contributed by atoms with Crippen LogP contribution in [0, 0.1) is 0 Å². The van der Waals surface area contributed by atoms with Crippen LogP contribution in [0.3, 0.4) is 0 Å². The van der Waals surface area contributed by atoms with E-state index in [-0.39, 0.29) is 0 Å². The fourth-order valence-electron chi connectivity index (χ4n) is 1.57. The number of thiophene rings is 1. The number of rotatable bonds is 3. The SMILES string of the molecule is COC(=O)c1sccc1NC(=O)Nc1cc(Cl)cc(Cl)c1. The van der Waals surface area contributed by atoms with E-state index in [0.29, 0.717) is 26.3 Å². The van der Waals surface area contributed by atoms with Gasteiger partial charge in [-0.25, -0.2) is 9.59 Å². The molecule has 0 atom stereocenters. The number of carbonyl (C=O) groups is 2. The van der Waals surface area contributed by atoms with Gasteiger partial charge in [-0.2, -0.15) is 0 Å². The molecular weight excluding hydrogens is 335 g/mol. The Hall–Kier alpha value is -1.76. The van der Waals surface area contributed by atoms with Gasteiger partial charge in [0, 0.05) is 15.7 Å². The normalized spacial score (nSPS) is 10.0. The Morgan fingerprint density at radius 1 is 1.14 bits per heavy atom. The average Bonchev–Trinajstić information content (AvgIpc) is 2.84. The zero-order valence-electron chi connectivity index (χ0n) is 10.8. The average molecular weight is 345 g/mol. The van der Waals surface area contributed by atoms with Crippen molar-refractivity contribution in [1.29, 1.82) is 0 Å². The Balaban J connectivity index is 2.08. The van der Waals surface area contributed by atoms with Gasteiger partial charge >= 0.3 is 12.0 Å². The standard InChI is InChI=1S/C13H10Cl2N2O3S/c1-20-12(18)11-10(2-3-21-11)17-13(19)16-9-5-7(14)4-8(15)6-9/h2-6H,1H3,(H2,16,17,19). The predicted molar refractivity (Wildman–Crippen MR) is 84.8 cm³/mol. The third kappa shape index (κ3) is 4.10. The van der Waals surface area contributed by atoms with Crippen molar-refractivity contribution < 1.29 is 14.3 Å². The maximum absolute atomic E-state index is 11.9. The molecule has 1 aromatic carbocycles. The van der Waals surface area contributed by atoms with E-state index in [4.69, 9.17) is 23.2 Å². The topological polar surface area (TPSA) is 67.4 Å². The van der Waals surface area contributed by atoms with Crippen molar-refractivity contribution in [2.45, 2.75) is 0 Å². The Morgan fingerprint density at radius 2 is 1.81 bits per heavy atom. The molecule has 0 saturated heterocycles. The number of methoxy groups -OCH3 is 1. The molecule has 0 bridgehead atoms. The maximum Gasteiger partial charge on any atom is 0.350 e. The molecule has 0 unspecified atom stereocenters. The highest BCUT2D eigenvalue weighted by Gasteiger charge is 2.15. The Labute approximate surface area is 134 Å². The molecule has 0 radical (unpaired) electrons. The summed E-state index contributed by atoms with van der Waals surface area (Å²) in [4.78, 5) is 23.7. The first-order valence-electron chi connectivity index (χ1n) is 5.69. The smallest absolute Gasteiger partial charge is 0.350 e. The highest BCUT2D eigenvalue weighted by Crippen LogP contribution is 2.25. The van der Waals surface area contributed by atoms with Crippen molar-refractivity contribution in [2.24, 2.45) is 0 Å². The van der Waals surface area contributed by atoms with E-state index in [0.717, 1.165) is 0 Å². The third-order valence-electron chi connectivity index (χ3n) is 2.40. The molecule has 2 aromatic rings. The van der Waals surface area contributed by atoms with Crippen LogP contribution < -0.4 is 10.6 Å². The summed E-state index contributed by atoms with van der Waals surface area (Å²) >= 11 is 12.9. The molecule has 5 nitrogen and oxygen atoms in total. The van der Waals surface area contributed by atoms with Crippen LogP contribution in [0.2, 0.25) is 10.0 Å². The molecule has 0 saturated carbocycles. The van der Waals surface area contributed by atoms with Crippen LogP contribution in [0.25, 0.3) is 0 Å². The molecule has 21 heavy (non-hydrogen) atoms. The lowest BCUT2D eigenvalue weighted by Gasteiger charge is -2.08. The molecule has 2 amide bonds. The van der Waals surface area contributed by atoms with Crippen molar-refractivity contribution in [3.8, 4) is 0 Å². The largest absolute Gasteiger partial charge is 0.465 e. The molecule has 0 aliphatic carbocycles. The van der Waals surface area contributed by atoms with Crippen LogP contribution in [0.4, 0.5) is 16.2 Å². The third-order valence-corrected chi connectivity index (χ3v) is 3.74. The fourth-order valence-corrected chi connectivity index (χ4v) is 2.86. The first kappa shape index (κ1) is 15.6. The van der Waals surface area contributed by atoms with Gasteiger partial charge in [0.05, 0.1) is 12.8 Å². The monoisotopic (exact) mass is 344 g/mol. The Morgan fingerprint density at radius 3 is 2.43 bits per heavy atom. The van der Waals surface area contributed by atoms with Crippen LogP contribution in [0.5, 0.6) is 0 Å². The lowest BCUT2D eigenvalue weighted by molar-refractivity contribution is 0.0607. The molecule has 8 heteroatoms.